The third-order valence-corrected chi connectivity index (χ3v) is 7.83. The van der Waals surface area contributed by atoms with Crippen molar-refractivity contribution in [3.8, 4) is 17.2 Å². The lowest BCUT2D eigenvalue weighted by atomic mass is 10.1. The molecule has 3 aromatic rings. The highest BCUT2D eigenvalue weighted by Crippen LogP contribution is 2.40. The number of phenols is 3. The zero-order valence-electron chi connectivity index (χ0n) is 20.8. The number of hydrogen-bond donors (Lipinski definition) is 3. The lowest BCUT2D eigenvalue weighted by Gasteiger charge is -2.31. The fraction of sp³-hybridized carbons (Fsp3) is 0.259. The minimum Gasteiger partial charge on any atom is -0.506 e. The molecule has 0 amide bonds. The number of aliphatic imine (C=N–C) groups is 2. The molecular formula is C27H24Cl6N4O3. The van der Waals surface area contributed by atoms with Crippen molar-refractivity contribution in [2.24, 2.45) is 9.98 Å². The van der Waals surface area contributed by atoms with Gasteiger partial charge >= 0.3 is 0 Å². The fourth-order valence-electron chi connectivity index (χ4n) is 4.44. The molecule has 0 radical (unpaired) electrons. The standard InChI is InChI=1S/C27H24Cl6N4O3/c28-17-7-15(24(38)21(31)10-17)13-34-1-3-36-5-6-37(27(36)20-9-19(30)12-23(33)26(20)40)4-2-35-14-16-8-18(29)11-22(32)25(16)39/h7-14,27,38-40H,1-6H2. The summed E-state index contributed by atoms with van der Waals surface area (Å²) in [5.74, 6) is -0.225. The van der Waals surface area contributed by atoms with E-state index in [1.54, 1.807) is 18.2 Å². The summed E-state index contributed by atoms with van der Waals surface area (Å²) in [5.41, 5.74) is 1.41. The smallest absolute Gasteiger partial charge is 0.143 e. The third-order valence-electron chi connectivity index (χ3n) is 6.31. The average Bonchev–Trinajstić information content (AvgIpc) is 3.29. The van der Waals surface area contributed by atoms with E-state index >= 15 is 0 Å². The molecule has 3 aromatic carbocycles. The minimum atomic E-state index is -0.343. The van der Waals surface area contributed by atoms with Crippen molar-refractivity contribution in [3.63, 3.8) is 0 Å². The van der Waals surface area contributed by atoms with Gasteiger partial charge in [-0.2, -0.15) is 0 Å². The number of rotatable bonds is 9. The molecule has 1 saturated heterocycles. The van der Waals surface area contributed by atoms with E-state index in [0.29, 0.717) is 71.0 Å². The summed E-state index contributed by atoms with van der Waals surface area (Å²) < 4.78 is 0. The summed E-state index contributed by atoms with van der Waals surface area (Å²) in [4.78, 5) is 13.2. The molecule has 3 N–H and O–H groups in total. The molecular weight excluding hydrogens is 641 g/mol. The van der Waals surface area contributed by atoms with Crippen LogP contribution in [0.25, 0.3) is 0 Å². The molecule has 1 heterocycles. The Balaban J connectivity index is 1.49. The molecule has 40 heavy (non-hydrogen) atoms. The van der Waals surface area contributed by atoms with Crippen molar-refractivity contribution >= 4 is 82.0 Å². The summed E-state index contributed by atoms with van der Waals surface area (Å²) in [6.07, 6.45) is 2.70. The number of nitrogens with zero attached hydrogens (tertiary/aromatic N) is 4. The molecule has 7 nitrogen and oxygen atoms in total. The van der Waals surface area contributed by atoms with Crippen LogP contribution in [0.4, 0.5) is 0 Å². The van der Waals surface area contributed by atoms with Crippen molar-refractivity contribution in [2.75, 3.05) is 39.3 Å². The maximum atomic E-state index is 10.8. The summed E-state index contributed by atoms with van der Waals surface area (Å²) in [5, 5.41) is 32.8. The minimum absolute atomic E-state index is 0.0445. The average molecular weight is 665 g/mol. The largest absolute Gasteiger partial charge is 0.506 e. The third kappa shape index (κ3) is 7.46. The maximum absolute atomic E-state index is 10.8. The predicted octanol–water partition coefficient (Wildman–Crippen LogP) is 7.58. The number of halogens is 6. The zero-order valence-corrected chi connectivity index (χ0v) is 25.4. The molecule has 0 unspecified atom stereocenters. The first kappa shape index (κ1) is 31.0. The van der Waals surface area contributed by atoms with Crippen LogP contribution < -0.4 is 0 Å². The Morgan fingerprint density at radius 3 is 1.48 bits per heavy atom. The quantitative estimate of drug-likeness (QED) is 0.205. The lowest BCUT2D eigenvalue weighted by Crippen LogP contribution is -2.34. The van der Waals surface area contributed by atoms with E-state index in [1.807, 2.05) is 0 Å². The fourth-order valence-corrected chi connectivity index (χ4v) is 5.97. The second-order valence-electron chi connectivity index (χ2n) is 8.99. The van der Waals surface area contributed by atoms with E-state index in [2.05, 4.69) is 19.8 Å². The number of aromatic hydroxyl groups is 3. The Morgan fingerprint density at radius 2 is 1.02 bits per heavy atom. The van der Waals surface area contributed by atoms with Crippen LogP contribution in [0.15, 0.2) is 46.4 Å². The van der Waals surface area contributed by atoms with Gasteiger partial charge in [0.2, 0.25) is 0 Å². The van der Waals surface area contributed by atoms with Gasteiger partial charge in [0.1, 0.15) is 17.2 Å². The predicted molar refractivity (Wildman–Crippen MR) is 165 cm³/mol. The molecule has 13 heteroatoms. The molecule has 212 valence electrons. The molecule has 0 spiro atoms. The first-order valence-corrected chi connectivity index (χ1v) is 14.3. The van der Waals surface area contributed by atoms with Crippen LogP contribution in [0.3, 0.4) is 0 Å². The van der Waals surface area contributed by atoms with Crippen molar-refractivity contribution in [3.05, 3.63) is 83.2 Å². The van der Waals surface area contributed by atoms with Crippen LogP contribution in [0.5, 0.6) is 17.2 Å². The number of phenolic OH excluding ortho intramolecular Hbond substituents is 3. The topological polar surface area (TPSA) is 91.9 Å². The van der Waals surface area contributed by atoms with E-state index in [0.717, 1.165) is 0 Å². The maximum Gasteiger partial charge on any atom is 0.143 e. The summed E-state index contributed by atoms with van der Waals surface area (Å²) >= 11 is 36.6. The first-order chi connectivity index (χ1) is 19.0. The van der Waals surface area contributed by atoms with Crippen LogP contribution in [0.2, 0.25) is 30.1 Å². The molecule has 0 saturated carbocycles. The molecule has 1 fully saturated rings. The second kappa shape index (κ2) is 13.8. The Bertz CT molecular complexity index is 1370. The number of hydrogen-bond acceptors (Lipinski definition) is 7. The van der Waals surface area contributed by atoms with Crippen LogP contribution in [0.1, 0.15) is 22.9 Å². The molecule has 4 rings (SSSR count). The molecule has 1 aliphatic heterocycles. The highest BCUT2D eigenvalue weighted by Gasteiger charge is 2.35. The Labute approximate surface area is 261 Å². The monoisotopic (exact) mass is 662 g/mol. The van der Waals surface area contributed by atoms with Crippen LogP contribution in [-0.4, -0.2) is 76.8 Å². The van der Waals surface area contributed by atoms with E-state index in [-0.39, 0.29) is 38.5 Å². The van der Waals surface area contributed by atoms with Gasteiger partial charge < -0.3 is 15.3 Å². The van der Waals surface area contributed by atoms with Crippen molar-refractivity contribution in [1.29, 1.82) is 0 Å². The van der Waals surface area contributed by atoms with Crippen molar-refractivity contribution < 1.29 is 15.3 Å². The summed E-state index contributed by atoms with van der Waals surface area (Å²) in [7, 11) is 0. The van der Waals surface area contributed by atoms with Gasteiger partial charge in [0.05, 0.1) is 34.3 Å². The van der Waals surface area contributed by atoms with Crippen LogP contribution in [0, 0.1) is 0 Å². The van der Waals surface area contributed by atoms with Crippen molar-refractivity contribution in [2.45, 2.75) is 6.17 Å². The second-order valence-corrected chi connectivity index (χ2v) is 11.5. The van der Waals surface area contributed by atoms with Gasteiger partial charge in [0, 0.05) is 70.4 Å². The van der Waals surface area contributed by atoms with Gasteiger partial charge in [-0.1, -0.05) is 69.6 Å². The van der Waals surface area contributed by atoms with Gasteiger partial charge in [-0.3, -0.25) is 19.8 Å². The number of benzene rings is 3. The van der Waals surface area contributed by atoms with Crippen LogP contribution in [-0.2, 0) is 0 Å². The van der Waals surface area contributed by atoms with Gasteiger partial charge in [0.25, 0.3) is 0 Å². The summed E-state index contributed by atoms with van der Waals surface area (Å²) in [6, 6.07) is 9.26. The van der Waals surface area contributed by atoms with E-state index in [4.69, 9.17) is 69.6 Å². The Hall–Kier alpha value is -1.94. The molecule has 1 aliphatic rings. The van der Waals surface area contributed by atoms with Crippen molar-refractivity contribution in [1.82, 2.24) is 9.80 Å². The van der Waals surface area contributed by atoms with E-state index in [1.165, 1.54) is 30.6 Å². The highest BCUT2D eigenvalue weighted by atomic mass is 35.5. The SMILES string of the molecule is Oc1c(Cl)cc(Cl)cc1C=NCCN1CCN(CCN=Cc2cc(Cl)cc(Cl)c2O)C1c1cc(Cl)cc(Cl)c1O. The molecule has 0 atom stereocenters. The Morgan fingerprint density at radius 1 is 0.625 bits per heavy atom. The highest BCUT2D eigenvalue weighted by molar-refractivity contribution is 6.37. The molecule has 0 aliphatic carbocycles. The van der Waals surface area contributed by atoms with Crippen LogP contribution >= 0.6 is 69.6 Å². The van der Waals surface area contributed by atoms with Gasteiger partial charge in [-0.05, 0) is 36.4 Å². The first-order valence-electron chi connectivity index (χ1n) is 12.1. The molecule has 0 aromatic heterocycles. The lowest BCUT2D eigenvalue weighted by molar-refractivity contribution is 0.140. The summed E-state index contributed by atoms with van der Waals surface area (Å²) in [6.45, 7) is 3.24. The van der Waals surface area contributed by atoms with E-state index < -0.39 is 0 Å². The normalized spacial score (nSPS) is 16.6. The van der Waals surface area contributed by atoms with Gasteiger partial charge in [0.15, 0.2) is 0 Å². The Kier molecular flexibility index (Phi) is 10.7. The zero-order chi connectivity index (χ0) is 29.0. The van der Waals surface area contributed by atoms with Gasteiger partial charge in [-0.25, -0.2) is 0 Å². The molecule has 0 bridgehead atoms. The van der Waals surface area contributed by atoms with E-state index in [9.17, 15) is 15.3 Å². The van der Waals surface area contributed by atoms with Gasteiger partial charge in [-0.15, -0.1) is 0 Å².